The smallest absolute Gasteiger partial charge is 0.254 e. The molecule has 0 aliphatic rings. The molecule has 0 bridgehead atoms. The zero-order chi connectivity index (χ0) is 12.4. The van der Waals surface area contributed by atoms with Crippen LogP contribution in [0.25, 0.3) is 5.78 Å². The Morgan fingerprint density at radius 3 is 3.06 bits per heavy atom. The molecule has 0 spiro atoms. The van der Waals surface area contributed by atoms with Crippen molar-refractivity contribution in [2.45, 2.75) is 26.7 Å². The number of H-pyrrole nitrogens is 1. The third kappa shape index (κ3) is 2.32. The van der Waals surface area contributed by atoms with Crippen LogP contribution in [0.3, 0.4) is 0 Å². The lowest BCUT2D eigenvalue weighted by molar-refractivity contribution is -0.116. The minimum atomic E-state index is -0.323. The van der Waals surface area contributed by atoms with Gasteiger partial charge >= 0.3 is 0 Å². The van der Waals surface area contributed by atoms with Gasteiger partial charge in [-0.15, -0.1) is 5.10 Å². The molecule has 2 N–H and O–H groups in total. The fourth-order valence-electron chi connectivity index (χ4n) is 1.52. The largest absolute Gasteiger partial charge is 0.310 e. The van der Waals surface area contributed by atoms with Crippen LogP contribution in [0, 0.1) is 6.92 Å². The van der Waals surface area contributed by atoms with Crippen molar-refractivity contribution >= 4 is 17.5 Å². The molecule has 0 aliphatic heterocycles. The number of hydrogen-bond donors (Lipinski definition) is 2. The van der Waals surface area contributed by atoms with Crippen LogP contribution < -0.4 is 10.9 Å². The van der Waals surface area contributed by atoms with Crippen molar-refractivity contribution in [3.8, 4) is 0 Å². The van der Waals surface area contributed by atoms with E-state index in [0.717, 1.165) is 6.42 Å². The highest BCUT2D eigenvalue weighted by molar-refractivity contribution is 5.89. The summed E-state index contributed by atoms with van der Waals surface area (Å²) in [7, 11) is 0. The van der Waals surface area contributed by atoms with Gasteiger partial charge in [-0.3, -0.25) is 14.6 Å². The fourth-order valence-corrected chi connectivity index (χ4v) is 1.52. The van der Waals surface area contributed by atoms with E-state index in [9.17, 15) is 9.59 Å². The summed E-state index contributed by atoms with van der Waals surface area (Å²) in [6.45, 7) is 3.62. The van der Waals surface area contributed by atoms with E-state index < -0.39 is 0 Å². The van der Waals surface area contributed by atoms with Gasteiger partial charge in [0.15, 0.2) is 0 Å². The van der Waals surface area contributed by atoms with Gasteiger partial charge in [-0.1, -0.05) is 6.92 Å². The maximum atomic E-state index is 11.5. The number of nitrogens with zero attached hydrogens (tertiary/aromatic N) is 3. The third-order valence-electron chi connectivity index (χ3n) is 2.19. The minimum Gasteiger partial charge on any atom is -0.310 e. The number of hydrogen-bond acceptors (Lipinski definition) is 4. The van der Waals surface area contributed by atoms with Gasteiger partial charge in [0.2, 0.25) is 11.7 Å². The Bertz CT molecular complexity index is 613. The number of nitrogens with one attached hydrogen (secondary N) is 2. The number of fused-ring (bicyclic) bond motifs is 1. The molecular weight excluding hydrogens is 222 g/mol. The highest BCUT2D eigenvalue weighted by Crippen LogP contribution is 2.06. The summed E-state index contributed by atoms with van der Waals surface area (Å²) in [4.78, 5) is 29.4. The van der Waals surface area contributed by atoms with E-state index >= 15 is 0 Å². The number of rotatable bonds is 3. The molecular formula is C10H13N5O2. The van der Waals surface area contributed by atoms with Gasteiger partial charge in [-0.25, -0.2) is 0 Å². The van der Waals surface area contributed by atoms with Crippen LogP contribution >= 0.6 is 0 Å². The molecule has 90 valence electrons. The van der Waals surface area contributed by atoms with Crippen molar-refractivity contribution in [3.05, 3.63) is 22.2 Å². The minimum absolute atomic E-state index is 0.146. The van der Waals surface area contributed by atoms with Gasteiger partial charge in [0.25, 0.3) is 5.56 Å². The van der Waals surface area contributed by atoms with Crippen LogP contribution in [-0.4, -0.2) is 25.5 Å². The van der Waals surface area contributed by atoms with Gasteiger partial charge in [-0.2, -0.15) is 9.50 Å². The Morgan fingerprint density at radius 1 is 1.59 bits per heavy atom. The fraction of sp³-hybridized carbons (Fsp3) is 0.400. The van der Waals surface area contributed by atoms with E-state index in [1.54, 1.807) is 6.92 Å². The van der Waals surface area contributed by atoms with Gasteiger partial charge in [-0.05, 0) is 13.3 Å². The van der Waals surface area contributed by atoms with Gasteiger partial charge < -0.3 is 5.32 Å². The van der Waals surface area contributed by atoms with Crippen LogP contribution in [0.2, 0.25) is 0 Å². The maximum absolute atomic E-state index is 11.5. The summed E-state index contributed by atoms with van der Waals surface area (Å²) < 4.78 is 1.41. The number of carbonyl (C=O) groups is 1. The molecule has 1 amide bonds. The molecule has 0 radical (unpaired) electrons. The molecule has 0 fully saturated rings. The van der Waals surface area contributed by atoms with Crippen molar-refractivity contribution in [1.82, 2.24) is 19.6 Å². The average molecular weight is 235 g/mol. The molecule has 0 saturated heterocycles. The average Bonchev–Trinajstić information content (AvgIpc) is 2.58. The molecule has 2 heterocycles. The van der Waals surface area contributed by atoms with E-state index in [2.05, 4.69) is 20.4 Å². The lowest BCUT2D eigenvalue weighted by Crippen LogP contribution is -2.18. The molecule has 0 aliphatic carbocycles. The van der Waals surface area contributed by atoms with Crippen LogP contribution in [0.5, 0.6) is 0 Å². The zero-order valence-electron chi connectivity index (χ0n) is 9.65. The summed E-state index contributed by atoms with van der Waals surface area (Å²) in [5, 5.41) is 6.73. The van der Waals surface area contributed by atoms with Crippen LogP contribution in [0.15, 0.2) is 10.9 Å². The topological polar surface area (TPSA) is 92.1 Å². The van der Waals surface area contributed by atoms with Gasteiger partial charge in [0.05, 0.1) is 0 Å². The van der Waals surface area contributed by atoms with E-state index in [4.69, 9.17) is 0 Å². The van der Waals surface area contributed by atoms with Crippen molar-refractivity contribution in [2.24, 2.45) is 0 Å². The molecule has 7 heteroatoms. The first-order valence-electron chi connectivity index (χ1n) is 5.36. The lowest BCUT2D eigenvalue weighted by Gasteiger charge is -2.04. The summed E-state index contributed by atoms with van der Waals surface area (Å²) in [6.07, 6.45) is 1.15. The van der Waals surface area contributed by atoms with E-state index in [1.807, 2.05) is 6.92 Å². The monoisotopic (exact) mass is 235 g/mol. The summed E-state index contributed by atoms with van der Waals surface area (Å²) in [5.74, 6) is 1.04. The molecule has 0 atom stereocenters. The number of carbonyl (C=O) groups excluding carboxylic acids is 1. The van der Waals surface area contributed by atoms with Crippen molar-refractivity contribution in [1.29, 1.82) is 0 Å². The van der Waals surface area contributed by atoms with E-state index in [1.165, 1.54) is 10.6 Å². The second-order valence-corrected chi connectivity index (χ2v) is 3.71. The predicted molar refractivity (Wildman–Crippen MR) is 61.9 cm³/mol. The Kier molecular flexibility index (Phi) is 2.90. The SMILES string of the molecule is CCCC(=O)Nc1cc(=O)[nH]c2nc(C)nn12. The first kappa shape index (κ1) is 11.3. The van der Waals surface area contributed by atoms with Crippen molar-refractivity contribution < 1.29 is 4.79 Å². The molecule has 17 heavy (non-hydrogen) atoms. The van der Waals surface area contributed by atoms with Crippen molar-refractivity contribution in [2.75, 3.05) is 5.32 Å². The summed E-state index contributed by atoms with van der Waals surface area (Å²) in [5.41, 5.74) is -0.323. The first-order valence-corrected chi connectivity index (χ1v) is 5.36. The molecule has 2 rings (SSSR count). The summed E-state index contributed by atoms with van der Waals surface area (Å²) >= 11 is 0. The standard InChI is InChI=1S/C10H13N5O2/c1-3-4-8(16)12-7-5-9(17)13-10-11-6(2)14-15(7)10/h5H,3-4H2,1-2H3,(H,12,16)(H,11,13,14,17). The summed E-state index contributed by atoms with van der Waals surface area (Å²) in [6, 6.07) is 1.29. The molecule has 0 aromatic carbocycles. The quantitative estimate of drug-likeness (QED) is 0.808. The molecule has 2 aromatic rings. The first-order chi connectivity index (χ1) is 8.10. The number of aryl methyl sites for hydroxylation is 1. The van der Waals surface area contributed by atoms with Crippen LogP contribution in [0.1, 0.15) is 25.6 Å². The van der Waals surface area contributed by atoms with Crippen LogP contribution in [0.4, 0.5) is 5.82 Å². The molecule has 2 aromatic heterocycles. The lowest BCUT2D eigenvalue weighted by atomic mass is 10.3. The highest BCUT2D eigenvalue weighted by atomic mass is 16.2. The predicted octanol–water partition coefficient (Wildman–Crippen LogP) is 0.465. The van der Waals surface area contributed by atoms with Crippen molar-refractivity contribution in [3.63, 3.8) is 0 Å². The zero-order valence-corrected chi connectivity index (χ0v) is 9.65. The Labute approximate surface area is 96.9 Å². The maximum Gasteiger partial charge on any atom is 0.254 e. The number of aromatic amines is 1. The Morgan fingerprint density at radius 2 is 2.35 bits per heavy atom. The Hall–Kier alpha value is -2.18. The van der Waals surface area contributed by atoms with E-state index in [-0.39, 0.29) is 11.5 Å². The molecule has 7 nitrogen and oxygen atoms in total. The number of anilines is 1. The Balaban J connectivity index is 2.45. The third-order valence-corrected chi connectivity index (χ3v) is 2.19. The van der Waals surface area contributed by atoms with Gasteiger partial charge in [0, 0.05) is 12.5 Å². The van der Waals surface area contributed by atoms with Gasteiger partial charge in [0.1, 0.15) is 11.6 Å². The molecule has 0 unspecified atom stereocenters. The second-order valence-electron chi connectivity index (χ2n) is 3.71. The highest BCUT2D eigenvalue weighted by Gasteiger charge is 2.09. The van der Waals surface area contributed by atoms with E-state index in [0.29, 0.717) is 23.8 Å². The molecule has 0 saturated carbocycles. The number of aromatic nitrogens is 4. The number of amides is 1. The normalized spacial score (nSPS) is 10.7. The second kappa shape index (κ2) is 4.36. The van der Waals surface area contributed by atoms with Crippen LogP contribution in [-0.2, 0) is 4.79 Å².